The number of nitrogens with one attached hydrogen (secondary N) is 1. The molecule has 128 valence electrons. The molecular weight excluding hydrogens is 334 g/mol. The van der Waals surface area contributed by atoms with E-state index in [2.05, 4.69) is 10.3 Å². The summed E-state index contributed by atoms with van der Waals surface area (Å²) in [6.45, 7) is 4.55. The molecule has 0 saturated heterocycles. The molecule has 0 bridgehead atoms. The molecule has 1 aromatic heterocycles. The SMILES string of the molecule is CCOc1ccc(Nc2nc(N)c(C(=O)c3ccc(C)cc3)s2)cc1. The molecule has 6 heteroatoms. The van der Waals surface area contributed by atoms with Crippen LogP contribution in [0.1, 0.15) is 27.7 Å². The van der Waals surface area contributed by atoms with Gasteiger partial charge in [-0.25, -0.2) is 4.98 Å². The van der Waals surface area contributed by atoms with Gasteiger partial charge >= 0.3 is 0 Å². The van der Waals surface area contributed by atoms with Gasteiger partial charge < -0.3 is 15.8 Å². The predicted molar refractivity (Wildman–Crippen MR) is 102 cm³/mol. The quantitative estimate of drug-likeness (QED) is 0.642. The van der Waals surface area contributed by atoms with E-state index in [-0.39, 0.29) is 11.6 Å². The zero-order valence-corrected chi connectivity index (χ0v) is 14.9. The van der Waals surface area contributed by atoms with Crippen molar-refractivity contribution >= 4 is 33.8 Å². The van der Waals surface area contributed by atoms with Crippen LogP contribution in [0.15, 0.2) is 48.5 Å². The lowest BCUT2D eigenvalue weighted by molar-refractivity contribution is 0.104. The van der Waals surface area contributed by atoms with Crippen LogP contribution in [0, 0.1) is 6.92 Å². The molecule has 0 unspecified atom stereocenters. The first-order chi connectivity index (χ1) is 12.1. The molecule has 25 heavy (non-hydrogen) atoms. The third-order valence-corrected chi connectivity index (χ3v) is 4.58. The van der Waals surface area contributed by atoms with Gasteiger partial charge in [0.25, 0.3) is 0 Å². The molecule has 1 heterocycles. The largest absolute Gasteiger partial charge is 0.494 e. The van der Waals surface area contributed by atoms with E-state index in [9.17, 15) is 4.79 Å². The molecular formula is C19H19N3O2S. The summed E-state index contributed by atoms with van der Waals surface area (Å²) in [6.07, 6.45) is 0. The van der Waals surface area contributed by atoms with Crippen molar-refractivity contribution in [2.45, 2.75) is 13.8 Å². The number of hydrogen-bond donors (Lipinski definition) is 2. The summed E-state index contributed by atoms with van der Waals surface area (Å²) >= 11 is 1.25. The lowest BCUT2D eigenvalue weighted by Crippen LogP contribution is -2.02. The lowest BCUT2D eigenvalue weighted by atomic mass is 10.1. The molecule has 0 amide bonds. The molecule has 0 atom stereocenters. The second kappa shape index (κ2) is 7.36. The standard InChI is InChI=1S/C19H19N3O2S/c1-3-24-15-10-8-14(9-11-15)21-19-22-18(20)17(25-19)16(23)13-6-4-12(2)5-7-13/h4-11H,3,20H2,1-2H3,(H,21,22). The minimum Gasteiger partial charge on any atom is -0.494 e. The summed E-state index contributed by atoms with van der Waals surface area (Å²) in [7, 11) is 0. The van der Waals surface area contributed by atoms with Gasteiger partial charge in [0, 0.05) is 11.3 Å². The van der Waals surface area contributed by atoms with Crippen molar-refractivity contribution in [2.75, 3.05) is 17.7 Å². The van der Waals surface area contributed by atoms with Gasteiger partial charge in [0.2, 0.25) is 5.78 Å². The summed E-state index contributed by atoms with van der Waals surface area (Å²) in [4.78, 5) is 17.3. The van der Waals surface area contributed by atoms with Gasteiger partial charge in [-0.2, -0.15) is 0 Å². The Morgan fingerprint density at radius 1 is 1.16 bits per heavy atom. The minimum absolute atomic E-state index is 0.116. The summed E-state index contributed by atoms with van der Waals surface area (Å²) in [5.74, 6) is 0.931. The van der Waals surface area contributed by atoms with Crippen LogP contribution >= 0.6 is 11.3 Å². The van der Waals surface area contributed by atoms with E-state index in [1.54, 1.807) is 12.1 Å². The van der Waals surface area contributed by atoms with E-state index in [1.807, 2.05) is 50.2 Å². The van der Waals surface area contributed by atoms with Gasteiger partial charge in [0.15, 0.2) is 5.13 Å². The smallest absolute Gasteiger partial charge is 0.206 e. The Morgan fingerprint density at radius 2 is 1.84 bits per heavy atom. The number of carbonyl (C=O) groups is 1. The summed E-state index contributed by atoms with van der Waals surface area (Å²) in [5.41, 5.74) is 8.51. The molecule has 0 aliphatic heterocycles. The highest BCUT2D eigenvalue weighted by atomic mass is 32.1. The number of nitrogens with zero attached hydrogens (tertiary/aromatic N) is 1. The fraction of sp³-hybridized carbons (Fsp3) is 0.158. The van der Waals surface area contributed by atoms with E-state index < -0.39 is 0 Å². The molecule has 3 rings (SSSR count). The van der Waals surface area contributed by atoms with Gasteiger partial charge in [-0.05, 0) is 38.1 Å². The van der Waals surface area contributed by atoms with Crippen molar-refractivity contribution < 1.29 is 9.53 Å². The molecule has 0 aliphatic carbocycles. The highest BCUT2D eigenvalue weighted by Gasteiger charge is 2.18. The number of aromatic nitrogens is 1. The third kappa shape index (κ3) is 3.97. The molecule has 0 aliphatic rings. The number of ether oxygens (including phenoxy) is 1. The molecule has 5 nitrogen and oxygen atoms in total. The number of carbonyl (C=O) groups excluding carboxylic acids is 1. The Hall–Kier alpha value is -2.86. The van der Waals surface area contributed by atoms with E-state index >= 15 is 0 Å². The third-order valence-electron chi connectivity index (χ3n) is 3.59. The van der Waals surface area contributed by atoms with Crippen LogP contribution in [0.25, 0.3) is 0 Å². The van der Waals surface area contributed by atoms with Crippen LogP contribution in [-0.4, -0.2) is 17.4 Å². The van der Waals surface area contributed by atoms with Crippen molar-refractivity contribution in [3.8, 4) is 5.75 Å². The van der Waals surface area contributed by atoms with Crippen LogP contribution in [0.2, 0.25) is 0 Å². The topological polar surface area (TPSA) is 77.2 Å². The Balaban J connectivity index is 1.77. The molecule has 0 fully saturated rings. The molecule has 2 aromatic carbocycles. The number of rotatable bonds is 6. The number of nitrogens with two attached hydrogens (primary N) is 1. The molecule has 0 radical (unpaired) electrons. The van der Waals surface area contributed by atoms with Gasteiger partial charge in [-0.3, -0.25) is 4.79 Å². The first kappa shape index (κ1) is 17.0. The van der Waals surface area contributed by atoms with Crippen molar-refractivity contribution in [3.05, 3.63) is 64.5 Å². The zero-order chi connectivity index (χ0) is 17.8. The second-order valence-electron chi connectivity index (χ2n) is 5.51. The Morgan fingerprint density at radius 3 is 2.48 bits per heavy atom. The van der Waals surface area contributed by atoms with E-state index in [1.165, 1.54) is 11.3 Å². The number of anilines is 3. The first-order valence-corrected chi connectivity index (χ1v) is 8.76. The normalized spacial score (nSPS) is 10.5. The maximum absolute atomic E-state index is 12.6. The zero-order valence-electron chi connectivity index (χ0n) is 14.1. The van der Waals surface area contributed by atoms with Crippen LogP contribution in [0.4, 0.5) is 16.6 Å². The van der Waals surface area contributed by atoms with Gasteiger partial charge in [-0.1, -0.05) is 41.2 Å². The average Bonchev–Trinajstić information content (AvgIpc) is 2.97. The van der Waals surface area contributed by atoms with E-state index in [4.69, 9.17) is 10.5 Å². The number of benzene rings is 2. The minimum atomic E-state index is -0.116. The highest BCUT2D eigenvalue weighted by molar-refractivity contribution is 7.18. The van der Waals surface area contributed by atoms with Gasteiger partial charge in [-0.15, -0.1) is 0 Å². The van der Waals surface area contributed by atoms with Crippen molar-refractivity contribution in [1.82, 2.24) is 4.98 Å². The van der Waals surface area contributed by atoms with Crippen LogP contribution in [0.5, 0.6) is 5.75 Å². The fourth-order valence-electron chi connectivity index (χ4n) is 2.31. The molecule has 3 aromatic rings. The Bertz CT molecular complexity index is 871. The average molecular weight is 353 g/mol. The van der Waals surface area contributed by atoms with Crippen LogP contribution < -0.4 is 15.8 Å². The summed E-state index contributed by atoms with van der Waals surface area (Å²) < 4.78 is 5.42. The number of thiazole rings is 1. The Labute approximate surface area is 150 Å². The van der Waals surface area contributed by atoms with E-state index in [0.717, 1.165) is 17.0 Å². The van der Waals surface area contributed by atoms with Crippen molar-refractivity contribution in [1.29, 1.82) is 0 Å². The maximum atomic E-state index is 12.6. The molecule has 0 saturated carbocycles. The second-order valence-corrected chi connectivity index (χ2v) is 6.51. The van der Waals surface area contributed by atoms with Crippen molar-refractivity contribution in [2.24, 2.45) is 0 Å². The number of aryl methyl sites for hydroxylation is 1. The maximum Gasteiger partial charge on any atom is 0.206 e. The number of hydrogen-bond acceptors (Lipinski definition) is 6. The van der Waals surface area contributed by atoms with Gasteiger partial charge in [0.1, 0.15) is 16.4 Å². The predicted octanol–water partition coefficient (Wildman–Crippen LogP) is 4.41. The summed E-state index contributed by atoms with van der Waals surface area (Å²) in [5, 5.41) is 3.75. The molecule has 0 spiro atoms. The number of nitrogen functional groups attached to an aromatic ring is 1. The monoisotopic (exact) mass is 353 g/mol. The Kier molecular flexibility index (Phi) is 5.00. The first-order valence-electron chi connectivity index (χ1n) is 7.94. The van der Waals surface area contributed by atoms with Gasteiger partial charge in [0.05, 0.1) is 6.61 Å². The van der Waals surface area contributed by atoms with E-state index in [0.29, 0.717) is 22.2 Å². The van der Waals surface area contributed by atoms with Crippen LogP contribution in [0.3, 0.4) is 0 Å². The number of ketones is 1. The lowest BCUT2D eigenvalue weighted by Gasteiger charge is -2.05. The fourth-order valence-corrected chi connectivity index (χ4v) is 3.18. The van der Waals surface area contributed by atoms with Crippen LogP contribution in [-0.2, 0) is 0 Å². The van der Waals surface area contributed by atoms with Crippen molar-refractivity contribution in [3.63, 3.8) is 0 Å². The molecule has 3 N–H and O–H groups in total. The highest BCUT2D eigenvalue weighted by Crippen LogP contribution is 2.30. The summed E-state index contributed by atoms with van der Waals surface area (Å²) in [6, 6.07) is 15.0.